The first-order valence-electron chi connectivity index (χ1n) is 6.96. The molecule has 1 amide bonds. The molecule has 3 N–H and O–H groups in total. The number of aryl methyl sites for hydroxylation is 1. The van der Waals surface area contributed by atoms with Gasteiger partial charge in [0.2, 0.25) is 0 Å². The number of rotatable bonds is 3. The van der Waals surface area contributed by atoms with Crippen molar-refractivity contribution in [3.05, 3.63) is 23.8 Å². The van der Waals surface area contributed by atoms with Crippen LogP contribution in [0.5, 0.6) is 0 Å². The molecule has 2 aromatic rings. The Bertz CT molecular complexity index is 642. The van der Waals surface area contributed by atoms with Gasteiger partial charge in [-0.15, -0.1) is 5.10 Å². The van der Waals surface area contributed by atoms with Crippen molar-refractivity contribution < 1.29 is 4.79 Å². The van der Waals surface area contributed by atoms with E-state index in [0.29, 0.717) is 12.1 Å². The summed E-state index contributed by atoms with van der Waals surface area (Å²) >= 11 is 0. The quantitative estimate of drug-likeness (QED) is 0.872. The lowest BCUT2D eigenvalue weighted by atomic mass is 9.97. The van der Waals surface area contributed by atoms with Crippen LogP contribution in [0, 0.1) is 0 Å². The van der Waals surface area contributed by atoms with E-state index < -0.39 is 0 Å². The van der Waals surface area contributed by atoms with E-state index in [4.69, 9.17) is 5.73 Å². The standard InChI is InChI=1S/C14H19N5O/c1-19-12-5-4-10(8-11(12)17-18-19)13(20)16-14(9-15)6-2-3-7-14/h4-5,8H,2-3,6-7,9,15H2,1H3,(H,16,20). The molecule has 0 bridgehead atoms. The van der Waals surface area contributed by atoms with E-state index in [-0.39, 0.29) is 11.4 Å². The predicted molar refractivity (Wildman–Crippen MR) is 76.2 cm³/mol. The Morgan fingerprint density at radius 1 is 1.45 bits per heavy atom. The average Bonchev–Trinajstić information content (AvgIpc) is 3.07. The van der Waals surface area contributed by atoms with Crippen molar-refractivity contribution in [2.24, 2.45) is 12.8 Å². The van der Waals surface area contributed by atoms with Crippen LogP contribution in [0.15, 0.2) is 18.2 Å². The number of benzene rings is 1. The largest absolute Gasteiger partial charge is 0.345 e. The topological polar surface area (TPSA) is 85.8 Å². The van der Waals surface area contributed by atoms with Gasteiger partial charge in [-0.3, -0.25) is 4.79 Å². The second kappa shape index (κ2) is 4.86. The molecule has 6 heteroatoms. The summed E-state index contributed by atoms with van der Waals surface area (Å²) < 4.78 is 1.69. The second-order valence-electron chi connectivity index (χ2n) is 5.56. The van der Waals surface area contributed by atoms with E-state index in [1.807, 2.05) is 13.1 Å². The number of carbonyl (C=O) groups is 1. The minimum Gasteiger partial charge on any atom is -0.345 e. The molecule has 20 heavy (non-hydrogen) atoms. The van der Waals surface area contributed by atoms with Crippen molar-refractivity contribution in [2.75, 3.05) is 6.54 Å². The first kappa shape index (κ1) is 13.1. The van der Waals surface area contributed by atoms with Crippen LogP contribution in [0.2, 0.25) is 0 Å². The average molecular weight is 273 g/mol. The molecule has 3 rings (SSSR count). The first-order valence-corrected chi connectivity index (χ1v) is 6.96. The fraction of sp³-hybridized carbons (Fsp3) is 0.500. The van der Waals surface area contributed by atoms with Crippen LogP contribution in [0.25, 0.3) is 11.0 Å². The van der Waals surface area contributed by atoms with Crippen LogP contribution in [0.4, 0.5) is 0 Å². The Hall–Kier alpha value is -1.95. The molecule has 0 saturated heterocycles. The summed E-state index contributed by atoms with van der Waals surface area (Å²) in [6.45, 7) is 0.492. The maximum absolute atomic E-state index is 12.4. The maximum atomic E-state index is 12.4. The Labute approximate surface area is 117 Å². The SMILES string of the molecule is Cn1nnc2cc(C(=O)NC3(CN)CCCC3)ccc21. The van der Waals surface area contributed by atoms with E-state index in [0.717, 1.165) is 36.7 Å². The highest BCUT2D eigenvalue weighted by molar-refractivity contribution is 5.97. The molecule has 1 fully saturated rings. The molecule has 1 saturated carbocycles. The van der Waals surface area contributed by atoms with Crippen LogP contribution in [-0.4, -0.2) is 33.0 Å². The minimum atomic E-state index is -0.228. The summed E-state index contributed by atoms with van der Waals surface area (Å²) in [5, 5.41) is 11.1. The molecular formula is C14H19N5O. The molecule has 0 atom stereocenters. The zero-order valence-corrected chi connectivity index (χ0v) is 11.6. The Kier molecular flexibility index (Phi) is 3.17. The molecule has 0 aliphatic heterocycles. The fourth-order valence-corrected chi connectivity index (χ4v) is 2.93. The number of fused-ring (bicyclic) bond motifs is 1. The number of carbonyl (C=O) groups excluding carboxylic acids is 1. The molecule has 1 aromatic heterocycles. The molecule has 0 unspecified atom stereocenters. The molecule has 1 aromatic carbocycles. The molecule has 106 valence electrons. The van der Waals surface area contributed by atoms with Crippen molar-refractivity contribution in [1.82, 2.24) is 20.3 Å². The van der Waals surface area contributed by atoms with E-state index >= 15 is 0 Å². The van der Waals surface area contributed by atoms with Crippen LogP contribution < -0.4 is 11.1 Å². The van der Waals surface area contributed by atoms with Crippen molar-refractivity contribution >= 4 is 16.9 Å². The Morgan fingerprint density at radius 2 is 2.20 bits per heavy atom. The third-order valence-corrected chi connectivity index (χ3v) is 4.20. The molecule has 1 aliphatic carbocycles. The van der Waals surface area contributed by atoms with Crippen LogP contribution in [0.3, 0.4) is 0 Å². The van der Waals surface area contributed by atoms with E-state index in [1.165, 1.54) is 0 Å². The predicted octanol–water partition coefficient (Wildman–Crippen LogP) is 0.970. The summed E-state index contributed by atoms with van der Waals surface area (Å²) in [5.41, 5.74) is 7.87. The molecule has 0 spiro atoms. The Balaban J connectivity index is 1.85. The highest BCUT2D eigenvalue weighted by Gasteiger charge is 2.34. The number of nitrogens with one attached hydrogen (secondary N) is 1. The van der Waals surface area contributed by atoms with Gasteiger partial charge in [0.1, 0.15) is 5.52 Å². The first-order chi connectivity index (χ1) is 9.63. The van der Waals surface area contributed by atoms with Crippen LogP contribution >= 0.6 is 0 Å². The number of amides is 1. The lowest BCUT2D eigenvalue weighted by Gasteiger charge is -2.28. The monoisotopic (exact) mass is 273 g/mol. The summed E-state index contributed by atoms with van der Waals surface area (Å²) in [5.74, 6) is -0.0788. The van der Waals surface area contributed by atoms with Gasteiger partial charge in [0, 0.05) is 19.2 Å². The molecule has 1 heterocycles. The normalized spacial score (nSPS) is 17.5. The van der Waals surface area contributed by atoms with Crippen molar-refractivity contribution in [3.63, 3.8) is 0 Å². The van der Waals surface area contributed by atoms with Gasteiger partial charge in [-0.1, -0.05) is 18.1 Å². The number of nitrogens with two attached hydrogens (primary N) is 1. The van der Waals surface area contributed by atoms with Crippen molar-refractivity contribution in [1.29, 1.82) is 0 Å². The lowest BCUT2D eigenvalue weighted by Crippen LogP contribution is -2.51. The summed E-state index contributed by atoms with van der Waals surface area (Å²) in [7, 11) is 1.83. The van der Waals surface area contributed by atoms with E-state index in [1.54, 1.807) is 16.8 Å². The third-order valence-electron chi connectivity index (χ3n) is 4.20. The Morgan fingerprint density at radius 3 is 2.90 bits per heavy atom. The van der Waals surface area contributed by atoms with Gasteiger partial charge in [0.15, 0.2) is 0 Å². The van der Waals surface area contributed by atoms with Crippen LogP contribution in [0.1, 0.15) is 36.0 Å². The zero-order valence-electron chi connectivity index (χ0n) is 11.6. The summed E-state index contributed by atoms with van der Waals surface area (Å²) in [6, 6.07) is 5.45. The smallest absolute Gasteiger partial charge is 0.251 e. The van der Waals surface area contributed by atoms with Crippen LogP contribution in [-0.2, 0) is 7.05 Å². The van der Waals surface area contributed by atoms with Gasteiger partial charge in [-0.05, 0) is 31.0 Å². The van der Waals surface area contributed by atoms with E-state index in [2.05, 4.69) is 15.6 Å². The van der Waals surface area contributed by atoms with Gasteiger partial charge in [-0.2, -0.15) is 0 Å². The van der Waals surface area contributed by atoms with Gasteiger partial charge in [0.25, 0.3) is 5.91 Å². The van der Waals surface area contributed by atoms with E-state index in [9.17, 15) is 4.79 Å². The third kappa shape index (κ3) is 2.16. The minimum absolute atomic E-state index is 0.0788. The number of nitrogens with zero attached hydrogens (tertiary/aromatic N) is 3. The second-order valence-corrected chi connectivity index (χ2v) is 5.56. The fourth-order valence-electron chi connectivity index (χ4n) is 2.93. The van der Waals surface area contributed by atoms with Crippen molar-refractivity contribution in [3.8, 4) is 0 Å². The van der Waals surface area contributed by atoms with Crippen molar-refractivity contribution in [2.45, 2.75) is 31.2 Å². The zero-order chi connectivity index (χ0) is 14.2. The highest BCUT2D eigenvalue weighted by atomic mass is 16.1. The maximum Gasteiger partial charge on any atom is 0.251 e. The number of hydrogen-bond donors (Lipinski definition) is 2. The van der Waals surface area contributed by atoms with Gasteiger partial charge in [-0.25, -0.2) is 4.68 Å². The van der Waals surface area contributed by atoms with Gasteiger partial charge >= 0.3 is 0 Å². The van der Waals surface area contributed by atoms with Gasteiger partial charge in [0.05, 0.1) is 11.1 Å². The lowest BCUT2D eigenvalue weighted by molar-refractivity contribution is 0.0903. The highest BCUT2D eigenvalue weighted by Crippen LogP contribution is 2.29. The summed E-state index contributed by atoms with van der Waals surface area (Å²) in [6.07, 6.45) is 4.17. The number of hydrogen-bond acceptors (Lipinski definition) is 4. The molecule has 6 nitrogen and oxygen atoms in total. The summed E-state index contributed by atoms with van der Waals surface area (Å²) in [4.78, 5) is 12.4. The van der Waals surface area contributed by atoms with Gasteiger partial charge < -0.3 is 11.1 Å². The number of aromatic nitrogens is 3. The molecule has 0 radical (unpaired) electrons. The molecular weight excluding hydrogens is 254 g/mol. The molecule has 1 aliphatic rings.